The molecule has 0 bridgehead atoms. The second-order valence-electron chi connectivity index (χ2n) is 3.91. The number of rotatable bonds is 3. The van der Waals surface area contributed by atoms with Crippen LogP contribution in [0.1, 0.15) is 13.8 Å². The average molecular weight is 226 g/mol. The zero-order chi connectivity index (χ0) is 12.3. The summed E-state index contributed by atoms with van der Waals surface area (Å²) in [7, 11) is 1.71. The lowest BCUT2D eigenvalue weighted by Gasteiger charge is -2.20. The molecule has 0 fully saturated rings. The molecular formula is C9H14N4O3. The first-order valence-electron chi connectivity index (χ1n) is 4.62. The van der Waals surface area contributed by atoms with Crippen LogP contribution in [0.25, 0.3) is 0 Å². The Morgan fingerprint density at radius 2 is 2.12 bits per heavy atom. The highest BCUT2D eigenvalue weighted by atomic mass is 16.4. The van der Waals surface area contributed by atoms with Gasteiger partial charge in [0.25, 0.3) is 0 Å². The smallest absolute Gasteiger partial charge is 0.328 e. The van der Waals surface area contributed by atoms with Crippen LogP contribution in [0, 0.1) is 0 Å². The normalized spacial score (nSPS) is 10.9. The first-order valence-corrected chi connectivity index (χ1v) is 4.62. The van der Waals surface area contributed by atoms with Crippen molar-refractivity contribution in [1.82, 2.24) is 15.1 Å². The van der Waals surface area contributed by atoms with E-state index in [1.54, 1.807) is 13.2 Å². The van der Waals surface area contributed by atoms with Gasteiger partial charge in [-0.1, -0.05) is 0 Å². The van der Waals surface area contributed by atoms with Gasteiger partial charge in [-0.15, -0.1) is 0 Å². The Hall–Kier alpha value is -2.05. The maximum absolute atomic E-state index is 11.4. The van der Waals surface area contributed by atoms with Crippen molar-refractivity contribution >= 4 is 17.7 Å². The molecule has 0 aliphatic heterocycles. The molecule has 1 heterocycles. The van der Waals surface area contributed by atoms with Crippen LogP contribution in [-0.4, -0.2) is 32.4 Å². The average Bonchev–Trinajstić information content (AvgIpc) is 2.49. The first kappa shape index (κ1) is 12.0. The minimum Gasteiger partial charge on any atom is -0.480 e. The summed E-state index contributed by atoms with van der Waals surface area (Å²) in [5.41, 5.74) is -0.812. The Morgan fingerprint density at radius 1 is 1.50 bits per heavy atom. The zero-order valence-electron chi connectivity index (χ0n) is 9.31. The van der Waals surface area contributed by atoms with Gasteiger partial charge in [-0.25, -0.2) is 9.59 Å². The van der Waals surface area contributed by atoms with Crippen LogP contribution in [-0.2, 0) is 11.8 Å². The van der Waals surface area contributed by atoms with Gasteiger partial charge in [0.1, 0.15) is 5.54 Å². The quantitative estimate of drug-likeness (QED) is 0.695. The van der Waals surface area contributed by atoms with E-state index in [4.69, 9.17) is 5.11 Å². The molecule has 7 heteroatoms. The van der Waals surface area contributed by atoms with Crippen LogP contribution >= 0.6 is 0 Å². The third-order valence-electron chi connectivity index (χ3n) is 1.92. The summed E-state index contributed by atoms with van der Waals surface area (Å²) in [6.45, 7) is 2.80. The molecule has 0 aliphatic carbocycles. The predicted molar refractivity (Wildman–Crippen MR) is 57.1 cm³/mol. The first-order chi connectivity index (χ1) is 7.31. The molecule has 3 N–H and O–H groups in total. The van der Waals surface area contributed by atoms with Crippen molar-refractivity contribution < 1.29 is 14.7 Å². The zero-order valence-corrected chi connectivity index (χ0v) is 9.31. The van der Waals surface area contributed by atoms with E-state index in [0.717, 1.165) is 0 Å². The molecule has 1 aromatic heterocycles. The van der Waals surface area contributed by atoms with E-state index >= 15 is 0 Å². The van der Waals surface area contributed by atoms with Crippen molar-refractivity contribution in [3.63, 3.8) is 0 Å². The SMILES string of the molecule is Cn1cc(NC(=O)NC(C)(C)C(=O)O)cn1. The van der Waals surface area contributed by atoms with E-state index < -0.39 is 17.5 Å². The highest BCUT2D eigenvalue weighted by molar-refractivity contribution is 5.93. The number of carboxylic acid groups (broad SMARTS) is 1. The van der Waals surface area contributed by atoms with Gasteiger partial charge in [-0.2, -0.15) is 5.10 Å². The lowest BCUT2D eigenvalue weighted by Crippen LogP contribution is -2.51. The molecule has 0 unspecified atom stereocenters. The standard InChI is InChI=1S/C9H14N4O3/c1-9(2,7(14)15)12-8(16)11-6-4-10-13(3)5-6/h4-5H,1-3H3,(H,14,15)(H2,11,12,16). The third kappa shape index (κ3) is 2.97. The summed E-state index contributed by atoms with van der Waals surface area (Å²) in [6, 6.07) is -0.583. The van der Waals surface area contributed by atoms with Gasteiger partial charge >= 0.3 is 12.0 Å². The Labute approximate surface area is 92.4 Å². The van der Waals surface area contributed by atoms with Crippen molar-refractivity contribution in [3.05, 3.63) is 12.4 Å². The van der Waals surface area contributed by atoms with E-state index in [9.17, 15) is 9.59 Å². The number of hydrogen-bond donors (Lipinski definition) is 3. The second kappa shape index (κ2) is 4.21. The fourth-order valence-electron chi connectivity index (χ4n) is 0.985. The number of anilines is 1. The van der Waals surface area contributed by atoms with Crippen molar-refractivity contribution in [3.8, 4) is 0 Å². The predicted octanol–water partition coefficient (Wildman–Crippen LogP) is 0.405. The molecule has 0 saturated carbocycles. The number of nitrogens with one attached hydrogen (secondary N) is 2. The van der Waals surface area contributed by atoms with E-state index in [1.165, 1.54) is 24.7 Å². The number of nitrogens with zero attached hydrogens (tertiary/aromatic N) is 2. The molecule has 0 radical (unpaired) electrons. The number of carbonyl (C=O) groups is 2. The molecule has 2 amide bonds. The summed E-state index contributed by atoms with van der Waals surface area (Å²) >= 11 is 0. The Bertz CT molecular complexity index is 411. The number of amides is 2. The van der Waals surface area contributed by atoms with E-state index in [-0.39, 0.29) is 0 Å². The second-order valence-corrected chi connectivity index (χ2v) is 3.91. The highest BCUT2D eigenvalue weighted by Crippen LogP contribution is 2.05. The summed E-state index contributed by atoms with van der Waals surface area (Å²) < 4.78 is 1.53. The Morgan fingerprint density at radius 3 is 2.56 bits per heavy atom. The topological polar surface area (TPSA) is 96.2 Å². The molecule has 1 aromatic rings. The van der Waals surface area contributed by atoms with Crippen LogP contribution in [0.5, 0.6) is 0 Å². The molecule has 1 rings (SSSR count). The van der Waals surface area contributed by atoms with Crippen molar-refractivity contribution in [2.24, 2.45) is 7.05 Å². The van der Waals surface area contributed by atoms with Gasteiger partial charge < -0.3 is 15.7 Å². The summed E-state index contributed by atoms with van der Waals surface area (Å²) in [5, 5.41) is 17.5. The molecule has 0 saturated heterocycles. The summed E-state index contributed by atoms with van der Waals surface area (Å²) in [5.74, 6) is -1.10. The van der Waals surface area contributed by atoms with Crippen LogP contribution < -0.4 is 10.6 Å². The highest BCUT2D eigenvalue weighted by Gasteiger charge is 2.28. The van der Waals surface area contributed by atoms with E-state index in [2.05, 4.69) is 15.7 Å². The Balaban J connectivity index is 2.58. The largest absolute Gasteiger partial charge is 0.480 e. The fourth-order valence-corrected chi connectivity index (χ4v) is 0.985. The fraction of sp³-hybridized carbons (Fsp3) is 0.444. The van der Waals surface area contributed by atoms with Gasteiger partial charge in [0.15, 0.2) is 0 Å². The van der Waals surface area contributed by atoms with Crippen LogP contribution in [0.3, 0.4) is 0 Å². The van der Waals surface area contributed by atoms with Crippen LogP contribution in [0.4, 0.5) is 10.5 Å². The monoisotopic (exact) mass is 226 g/mol. The van der Waals surface area contributed by atoms with Crippen molar-refractivity contribution in [2.75, 3.05) is 5.32 Å². The molecule has 0 aromatic carbocycles. The number of urea groups is 1. The molecule has 0 atom stereocenters. The third-order valence-corrected chi connectivity index (χ3v) is 1.92. The van der Waals surface area contributed by atoms with Gasteiger partial charge in [0, 0.05) is 13.2 Å². The molecular weight excluding hydrogens is 212 g/mol. The van der Waals surface area contributed by atoms with Gasteiger partial charge in [0.05, 0.1) is 11.9 Å². The summed E-state index contributed by atoms with van der Waals surface area (Å²) in [6.07, 6.45) is 3.07. The molecule has 88 valence electrons. The Kier molecular flexibility index (Phi) is 3.17. The molecule has 7 nitrogen and oxygen atoms in total. The molecule has 0 spiro atoms. The number of carbonyl (C=O) groups excluding carboxylic acids is 1. The number of hydrogen-bond acceptors (Lipinski definition) is 3. The summed E-state index contributed by atoms with van der Waals surface area (Å²) in [4.78, 5) is 22.2. The maximum atomic E-state index is 11.4. The lowest BCUT2D eigenvalue weighted by atomic mass is 10.1. The number of aryl methyl sites for hydroxylation is 1. The van der Waals surface area contributed by atoms with Crippen LogP contribution in [0.15, 0.2) is 12.4 Å². The lowest BCUT2D eigenvalue weighted by molar-refractivity contribution is -0.142. The number of carboxylic acids is 1. The van der Waals surface area contributed by atoms with Crippen molar-refractivity contribution in [1.29, 1.82) is 0 Å². The minimum atomic E-state index is -1.31. The van der Waals surface area contributed by atoms with Crippen LogP contribution in [0.2, 0.25) is 0 Å². The van der Waals surface area contributed by atoms with Gasteiger partial charge in [0.2, 0.25) is 0 Å². The van der Waals surface area contributed by atoms with E-state index in [0.29, 0.717) is 5.69 Å². The van der Waals surface area contributed by atoms with Gasteiger partial charge in [-0.3, -0.25) is 4.68 Å². The van der Waals surface area contributed by atoms with Crippen molar-refractivity contribution in [2.45, 2.75) is 19.4 Å². The van der Waals surface area contributed by atoms with E-state index in [1.807, 2.05) is 0 Å². The number of aromatic nitrogens is 2. The molecule has 16 heavy (non-hydrogen) atoms. The minimum absolute atomic E-state index is 0.501. The van der Waals surface area contributed by atoms with Gasteiger partial charge in [-0.05, 0) is 13.8 Å². The maximum Gasteiger partial charge on any atom is 0.328 e. The number of aliphatic carboxylic acids is 1. The molecule has 0 aliphatic rings.